The quantitative estimate of drug-likeness (QED) is 0.829. The Bertz CT molecular complexity index is 425. The van der Waals surface area contributed by atoms with Gasteiger partial charge in [-0.3, -0.25) is 4.90 Å². The fourth-order valence-corrected chi connectivity index (χ4v) is 2.41. The second-order valence-electron chi connectivity index (χ2n) is 5.50. The molecule has 20 heavy (non-hydrogen) atoms. The molecule has 0 unspecified atom stereocenters. The van der Waals surface area contributed by atoms with Crippen molar-refractivity contribution in [2.75, 3.05) is 33.3 Å². The molecule has 1 fully saturated rings. The fraction of sp³-hybridized carbons (Fsp3) is 0.562. The van der Waals surface area contributed by atoms with E-state index in [1.165, 1.54) is 18.4 Å². The van der Waals surface area contributed by atoms with E-state index < -0.39 is 0 Å². The van der Waals surface area contributed by atoms with Crippen molar-refractivity contribution in [1.29, 1.82) is 0 Å². The van der Waals surface area contributed by atoms with Gasteiger partial charge in [-0.05, 0) is 38.4 Å². The van der Waals surface area contributed by atoms with E-state index in [1.54, 1.807) is 11.9 Å². The first-order chi connectivity index (χ1) is 9.65. The largest absolute Gasteiger partial charge is 0.448 e. The summed E-state index contributed by atoms with van der Waals surface area (Å²) in [5.74, 6) is 0. The first-order valence-electron chi connectivity index (χ1n) is 7.31. The van der Waals surface area contributed by atoms with Gasteiger partial charge >= 0.3 is 6.09 Å². The molecular weight excluding hydrogens is 252 g/mol. The van der Waals surface area contributed by atoms with Gasteiger partial charge in [-0.2, -0.15) is 0 Å². The highest BCUT2D eigenvalue weighted by atomic mass is 16.6. The van der Waals surface area contributed by atoms with Crippen LogP contribution in [0.25, 0.3) is 0 Å². The van der Waals surface area contributed by atoms with Gasteiger partial charge in [0.05, 0.1) is 0 Å². The zero-order valence-electron chi connectivity index (χ0n) is 12.5. The Hall–Kier alpha value is -1.55. The van der Waals surface area contributed by atoms with E-state index in [9.17, 15) is 4.79 Å². The summed E-state index contributed by atoms with van der Waals surface area (Å²) >= 11 is 0. The Morgan fingerprint density at radius 1 is 1.25 bits per heavy atom. The van der Waals surface area contributed by atoms with Crippen LogP contribution < -0.4 is 0 Å². The van der Waals surface area contributed by atoms with E-state index in [2.05, 4.69) is 24.0 Å². The lowest BCUT2D eigenvalue weighted by molar-refractivity contribution is 0.0992. The number of carbonyl (C=O) groups is 1. The van der Waals surface area contributed by atoms with Gasteiger partial charge in [0, 0.05) is 20.1 Å². The minimum Gasteiger partial charge on any atom is -0.448 e. The van der Waals surface area contributed by atoms with E-state index in [-0.39, 0.29) is 6.09 Å². The van der Waals surface area contributed by atoms with Gasteiger partial charge in [-0.15, -0.1) is 0 Å². The van der Waals surface area contributed by atoms with Crippen LogP contribution in [0.5, 0.6) is 0 Å². The van der Waals surface area contributed by atoms with E-state index >= 15 is 0 Å². The molecule has 4 nitrogen and oxygen atoms in total. The third-order valence-corrected chi connectivity index (χ3v) is 3.68. The van der Waals surface area contributed by atoms with E-state index in [1.807, 2.05) is 12.1 Å². The van der Waals surface area contributed by atoms with Gasteiger partial charge < -0.3 is 9.64 Å². The Labute approximate surface area is 121 Å². The third-order valence-electron chi connectivity index (χ3n) is 3.68. The normalized spacial score (nSPS) is 15.3. The van der Waals surface area contributed by atoms with Crippen LogP contribution >= 0.6 is 0 Å². The zero-order valence-corrected chi connectivity index (χ0v) is 12.5. The first kappa shape index (κ1) is 14.9. The Morgan fingerprint density at radius 2 is 1.90 bits per heavy atom. The molecule has 2 rings (SSSR count). The minimum absolute atomic E-state index is 0.246. The summed E-state index contributed by atoms with van der Waals surface area (Å²) < 4.78 is 5.31. The molecule has 0 radical (unpaired) electrons. The predicted octanol–water partition coefficient (Wildman–Crippen LogP) is 2.66. The smallest absolute Gasteiger partial charge is 0.409 e. The number of benzene rings is 1. The molecule has 0 atom stereocenters. The molecule has 0 spiro atoms. The summed E-state index contributed by atoms with van der Waals surface area (Å²) in [4.78, 5) is 15.8. The molecule has 1 heterocycles. The molecule has 1 aliphatic heterocycles. The number of rotatable bonds is 5. The van der Waals surface area contributed by atoms with Crippen molar-refractivity contribution >= 4 is 6.09 Å². The van der Waals surface area contributed by atoms with Crippen LogP contribution in [0, 0.1) is 6.92 Å². The van der Waals surface area contributed by atoms with Gasteiger partial charge in [0.25, 0.3) is 0 Å². The van der Waals surface area contributed by atoms with Crippen LogP contribution in [0.1, 0.15) is 24.0 Å². The predicted molar refractivity (Wildman–Crippen MR) is 79.7 cm³/mol. The summed E-state index contributed by atoms with van der Waals surface area (Å²) in [5.41, 5.74) is 2.35. The number of likely N-dealkylation sites (tertiary alicyclic amines) is 1. The second-order valence-corrected chi connectivity index (χ2v) is 5.50. The number of ether oxygens (including phenoxy) is 1. The number of aryl methyl sites for hydroxylation is 1. The summed E-state index contributed by atoms with van der Waals surface area (Å²) in [5, 5.41) is 0. The van der Waals surface area contributed by atoms with E-state index in [4.69, 9.17) is 4.74 Å². The second kappa shape index (κ2) is 7.29. The maximum Gasteiger partial charge on any atom is 0.409 e. The van der Waals surface area contributed by atoms with Gasteiger partial charge in [-0.25, -0.2) is 4.79 Å². The van der Waals surface area contributed by atoms with Crippen molar-refractivity contribution in [3.63, 3.8) is 0 Å². The maximum atomic E-state index is 11.9. The van der Waals surface area contributed by atoms with Crippen LogP contribution in [-0.4, -0.2) is 49.2 Å². The van der Waals surface area contributed by atoms with Gasteiger partial charge in [0.1, 0.15) is 6.61 Å². The standard InChI is InChI=1S/C16H24N2O2/c1-14-5-7-15(8-6-14)13-17(2)16(19)20-12-11-18-9-3-4-10-18/h5-8H,3-4,9-13H2,1-2H3. The summed E-state index contributed by atoms with van der Waals surface area (Å²) in [6.45, 7) is 6.25. The fourth-order valence-electron chi connectivity index (χ4n) is 2.41. The molecule has 1 aliphatic rings. The lowest BCUT2D eigenvalue weighted by Crippen LogP contribution is -2.30. The number of carbonyl (C=O) groups excluding carboxylic acids is 1. The van der Waals surface area contributed by atoms with Crippen molar-refractivity contribution in [3.05, 3.63) is 35.4 Å². The molecule has 1 aromatic rings. The van der Waals surface area contributed by atoms with Gasteiger partial charge in [0.2, 0.25) is 0 Å². The number of hydrogen-bond donors (Lipinski definition) is 0. The van der Waals surface area contributed by atoms with Crippen LogP contribution in [0.15, 0.2) is 24.3 Å². The molecule has 1 amide bonds. The molecule has 1 saturated heterocycles. The van der Waals surface area contributed by atoms with Crippen LogP contribution in [0.2, 0.25) is 0 Å². The van der Waals surface area contributed by atoms with Gasteiger partial charge in [0.15, 0.2) is 0 Å². The SMILES string of the molecule is Cc1ccc(CN(C)C(=O)OCCN2CCCC2)cc1. The molecule has 110 valence electrons. The lowest BCUT2D eigenvalue weighted by Gasteiger charge is -2.19. The van der Waals surface area contributed by atoms with Crippen LogP contribution in [0.3, 0.4) is 0 Å². The molecule has 0 aliphatic carbocycles. The maximum absolute atomic E-state index is 11.9. The monoisotopic (exact) mass is 276 g/mol. The summed E-state index contributed by atoms with van der Waals surface area (Å²) in [6, 6.07) is 8.20. The van der Waals surface area contributed by atoms with Crippen molar-refractivity contribution in [2.24, 2.45) is 0 Å². The number of hydrogen-bond acceptors (Lipinski definition) is 3. The van der Waals surface area contributed by atoms with Crippen molar-refractivity contribution in [2.45, 2.75) is 26.3 Å². The molecule has 0 aromatic heterocycles. The minimum atomic E-state index is -0.246. The van der Waals surface area contributed by atoms with E-state index in [0.717, 1.165) is 25.2 Å². The molecular formula is C16H24N2O2. The lowest BCUT2D eigenvalue weighted by atomic mass is 10.1. The van der Waals surface area contributed by atoms with Crippen LogP contribution in [0.4, 0.5) is 4.79 Å². The summed E-state index contributed by atoms with van der Waals surface area (Å²) in [7, 11) is 1.78. The highest BCUT2D eigenvalue weighted by Gasteiger charge is 2.14. The Kier molecular flexibility index (Phi) is 5.41. The average molecular weight is 276 g/mol. The highest BCUT2D eigenvalue weighted by molar-refractivity contribution is 5.67. The molecule has 0 saturated carbocycles. The molecule has 1 aromatic carbocycles. The molecule has 0 bridgehead atoms. The van der Waals surface area contributed by atoms with E-state index in [0.29, 0.717) is 13.2 Å². The van der Waals surface area contributed by atoms with Crippen molar-refractivity contribution in [1.82, 2.24) is 9.80 Å². The summed E-state index contributed by atoms with van der Waals surface area (Å²) in [6.07, 6.45) is 2.28. The van der Waals surface area contributed by atoms with Crippen LogP contribution in [-0.2, 0) is 11.3 Å². The van der Waals surface area contributed by atoms with Crippen molar-refractivity contribution < 1.29 is 9.53 Å². The molecule has 4 heteroatoms. The third kappa shape index (κ3) is 4.53. The Morgan fingerprint density at radius 3 is 2.55 bits per heavy atom. The first-order valence-corrected chi connectivity index (χ1v) is 7.31. The van der Waals surface area contributed by atoms with Crippen molar-refractivity contribution in [3.8, 4) is 0 Å². The highest BCUT2D eigenvalue weighted by Crippen LogP contribution is 2.08. The zero-order chi connectivity index (χ0) is 14.4. The number of amides is 1. The van der Waals surface area contributed by atoms with Gasteiger partial charge in [-0.1, -0.05) is 29.8 Å². The number of nitrogens with zero attached hydrogens (tertiary/aromatic N) is 2. The average Bonchev–Trinajstić information content (AvgIpc) is 2.94. The Balaban J connectivity index is 1.69. The topological polar surface area (TPSA) is 32.8 Å². The molecule has 0 N–H and O–H groups in total.